The molecule has 0 fully saturated rings. The van der Waals surface area contributed by atoms with E-state index in [1.165, 1.54) is 16.9 Å². The Morgan fingerprint density at radius 3 is 2.95 bits per heavy atom. The number of aromatic carboxylic acids is 1. The van der Waals surface area contributed by atoms with Gasteiger partial charge in [-0.15, -0.1) is 0 Å². The predicted octanol–water partition coefficient (Wildman–Crippen LogP) is 2.18. The van der Waals surface area contributed by atoms with Crippen LogP contribution in [0.25, 0.3) is 0 Å². The Labute approximate surface area is 109 Å². The molecule has 0 saturated heterocycles. The summed E-state index contributed by atoms with van der Waals surface area (Å²) < 4.78 is 14.9. The molecule has 0 amide bonds. The maximum Gasteiger partial charge on any atom is 0.339 e. The summed E-state index contributed by atoms with van der Waals surface area (Å²) in [7, 11) is 1.67. The van der Waals surface area contributed by atoms with Crippen LogP contribution < -0.4 is 5.32 Å². The van der Waals surface area contributed by atoms with E-state index in [-0.39, 0.29) is 17.9 Å². The fourth-order valence-electron chi connectivity index (χ4n) is 1.83. The molecule has 1 aromatic carbocycles. The van der Waals surface area contributed by atoms with Crippen molar-refractivity contribution in [3.05, 3.63) is 47.0 Å². The molecular weight excluding hydrogens is 249 g/mol. The van der Waals surface area contributed by atoms with Crippen molar-refractivity contribution in [3.8, 4) is 0 Å². The third kappa shape index (κ3) is 2.57. The lowest BCUT2D eigenvalue weighted by Gasteiger charge is -2.11. The summed E-state index contributed by atoms with van der Waals surface area (Å²) in [4.78, 5) is 11.0. The Hall–Kier alpha value is -2.37. The van der Waals surface area contributed by atoms with Crippen LogP contribution in [0.2, 0.25) is 0 Å². The maximum absolute atomic E-state index is 13.4. The van der Waals surface area contributed by atoms with Crippen molar-refractivity contribution in [2.24, 2.45) is 7.05 Å². The van der Waals surface area contributed by atoms with Crippen LogP contribution >= 0.6 is 0 Å². The first-order valence-electron chi connectivity index (χ1n) is 5.74. The second-order valence-corrected chi connectivity index (χ2v) is 4.20. The van der Waals surface area contributed by atoms with Gasteiger partial charge in [0.25, 0.3) is 0 Å². The normalized spacial score (nSPS) is 10.5. The highest BCUT2D eigenvalue weighted by Gasteiger charge is 2.15. The number of hydrogen-bond donors (Lipinski definition) is 2. The van der Waals surface area contributed by atoms with Crippen molar-refractivity contribution in [1.82, 2.24) is 9.78 Å². The molecule has 0 radical (unpaired) electrons. The number of carboxylic acids is 1. The van der Waals surface area contributed by atoms with Gasteiger partial charge in [0.15, 0.2) is 0 Å². The van der Waals surface area contributed by atoms with Crippen molar-refractivity contribution in [2.75, 3.05) is 5.32 Å². The highest BCUT2D eigenvalue weighted by atomic mass is 19.1. The quantitative estimate of drug-likeness (QED) is 0.887. The fraction of sp³-hybridized carbons (Fsp3) is 0.231. The maximum atomic E-state index is 13.4. The van der Waals surface area contributed by atoms with Gasteiger partial charge in [-0.05, 0) is 19.1 Å². The van der Waals surface area contributed by atoms with Gasteiger partial charge in [-0.3, -0.25) is 4.68 Å². The van der Waals surface area contributed by atoms with Gasteiger partial charge in [0.1, 0.15) is 11.4 Å². The number of benzene rings is 1. The first-order chi connectivity index (χ1) is 9.00. The molecule has 0 aliphatic heterocycles. The van der Waals surface area contributed by atoms with Crippen molar-refractivity contribution < 1.29 is 14.3 Å². The van der Waals surface area contributed by atoms with E-state index in [9.17, 15) is 9.18 Å². The van der Waals surface area contributed by atoms with Crippen LogP contribution in [0.15, 0.2) is 24.4 Å². The molecule has 0 saturated carbocycles. The number of nitrogens with zero attached hydrogens (tertiary/aromatic N) is 2. The zero-order valence-electron chi connectivity index (χ0n) is 10.6. The van der Waals surface area contributed by atoms with E-state index in [0.29, 0.717) is 16.9 Å². The first kappa shape index (κ1) is 13.1. The van der Waals surface area contributed by atoms with E-state index < -0.39 is 5.97 Å². The molecule has 0 spiro atoms. The van der Waals surface area contributed by atoms with E-state index in [0.717, 1.165) is 0 Å². The zero-order valence-corrected chi connectivity index (χ0v) is 10.6. The molecule has 1 heterocycles. The van der Waals surface area contributed by atoms with Crippen LogP contribution in [0.1, 0.15) is 21.6 Å². The SMILES string of the molecule is Cc1c(F)cccc1NCc1c(C(=O)O)cnn1C. The van der Waals surface area contributed by atoms with Crippen LogP contribution in [0.5, 0.6) is 0 Å². The Morgan fingerprint density at radius 1 is 1.53 bits per heavy atom. The van der Waals surface area contributed by atoms with Crippen molar-refractivity contribution in [2.45, 2.75) is 13.5 Å². The Morgan fingerprint density at radius 2 is 2.26 bits per heavy atom. The van der Waals surface area contributed by atoms with Crippen LogP contribution in [0.4, 0.5) is 10.1 Å². The van der Waals surface area contributed by atoms with Gasteiger partial charge < -0.3 is 10.4 Å². The van der Waals surface area contributed by atoms with Gasteiger partial charge in [0.2, 0.25) is 0 Å². The molecule has 1 aromatic heterocycles. The molecular formula is C13H14FN3O2. The number of carboxylic acid groups (broad SMARTS) is 1. The van der Waals surface area contributed by atoms with Gasteiger partial charge >= 0.3 is 5.97 Å². The molecule has 0 unspecified atom stereocenters. The average molecular weight is 263 g/mol. The summed E-state index contributed by atoms with van der Waals surface area (Å²) >= 11 is 0. The fourth-order valence-corrected chi connectivity index (χ4v) is 1.83. The van der Waals surface area contributed by atoms with E-state index >= 15 is 0 Å². The molecule has 100 valence electrons. The van der Waals surface area contributed by atoms with Crippen LogP contribution in [0.3, 0.4) is 0 Å². The molecule has 2 N–H and O–H groups in total. The second-order valence-electron chi connectivity index (χ2n) is 4.20. The lowest BCUT2D eigenvalue weighted by atomic mass is 10.2. The third-order valence-corrected chi connectivity index (χ3v) is 3.01. The Bertz CT molecular complexity index is 622. The van der Waals surface area contributed by atoms with Crippen molar-refractivity contribution in [3.63, 3.8) is 0 Å². The number of carbonyl (C=O) groups is 1. The lowest BCUT2D eigenvalue weighted by Crippen LogP contribution is -2.11. The number of aromatic nitrogens is 2. The third-order valence-electron chi connectivity index (χ3n) is 3.01. The van der Waals surface area contributed by atoms with Crippen LogP contribution in [-0.2, 0) is 13.6 Å². The standard InChI is InChI=1S/C13H14FN3O2/c1-8-10(14)4-3-5-11(8)15-7-12-9(13(18)19)6-16-17(12)2/h3-6,15H,7H2,1-2H3,(H,18,19). The van der Waals surface area contributed by atoms with Gasteiger partial charge in [0, 0.05) is 18.3 Å². The largest absolute Gasteiger partial charge is 0.478 e. The highest BCUT2D eigenvalue weighted by Crippen LogP contribution is 2.19. The smallest absolute Gasteiger partial charge is 0.339 e. The number of halogens is 1. The summed E-state index contributed by atoms with van der Waals surface area (Å²) in [5, 5.41) is 16.0. The zero-order chi connectivity index (χ0) is 14.0. The van der Waals surface area contributed by atoms with Crippen LogP contribution in [-0.4, -0.2) is 20.9 Å². The summed E-state index contributed by atoms with van der Waals surface area (Å²) in [5.74, 6) is -1.32. The highest BCUT2D eigenvalue weighted by molar-refractivity contribution is 5.88. The summed E-state index contributed by atoms with van der Waals surface area (Å²) in [6.45, 7) is 1.93. The van der Waals surface area contributed by atoms with Crippen molar-refractivity contribution in [1.29, 1.82) is 0 Å². The number of nitrogens with one attached hydrogen (secondary N) is 1. The second kappa shape index (κ2) is 5.09. The minimum absolute atomic E-state index is 0.143. The summed E-state index contributed by atoms with van der Waals surface area (Å²) in [5.41, 5.74) is 1.82. The molecule has 0 aliphatic carbocycles. The summed E-state index contributed by atoms with van der Waals surface area (Å²) in [6, 6.07) is 4.73. The average Bonchev–Trinajstić information content (AvgIpc) is 2.73. The topological polar surface area (TPSA) is 67.2 Å². The summed E-state index contributed by atoms with van der Waals surface area (Å²) in [6.07, 6.45) is 1.30. The van der Waals surface area contributed by atoms with Gasteiger partial charge in [0.05, 0.1) is 18.4 Å². The monoisotopic (exact) mass is 263 g/mol. The number of hydrogen-bond acceptors (Lipinski definition) is 3. The van der Waals surface area contributed by atoms with Gasteiger partial charge in [-0.2, -0.15) is 5.10 Å². The van der Waals surface area contributed by atoms with E-state index in [1.54, 1.807) is 26.1 Å². The van der Waals surface area contributed by atoms with Gasteiger partial charge in [-0.25, -0.2) is 9.18 Å². The number of aryl methyl sites for hydroxylation is 1. The molecule has 2 aromatic rings. The molecule has 6 heteroatoms. The van der Waals surface area contributed by atoms with E-state index in [4.69, 9.17) is 5.11 Å². The molecule has 19 heavy (non-hydrogen) atoms. The molecule has 0 bridgehead atoms. The molecule has 0 aliphatic rings. The molecule has 5 nitrogen and oxygen atoms in total. The molecule has 2 rings (SSSR count). The van der Waals surface area contributed by atoms with E-state index in [1.807, 2.05) is 0 Å². The van der Waals surface area contributed by atoms with Crippen molar-refractivity contribution >= 4 is 11.7 Å². The number of anilines is 1. The Kier molecular flexibility index (Phi) is 3.50. The first-order valence-corrected chi connectivity index (χ1v) is 5.74. The van der Waals surface area contributed by atoms with Crippen LogP contribution in [0, 0.1) is 12.7 Å². The molecule has 0 atom stereocenters. The van der Waals surface area contributed by atoms with E-state index in [2.05, 4.69) is 10.4 Å². The lowest BCUT2D eigenvalue weighted by molar-refractivity contribution is 0.0695. The minimum atomic E-state index is -1.03. The number of rotatable bonds is 4. The van der Waals surface area contributed by atoms with Gasteiger partial charge in [-0.1, -0.05) is 6.07 Å². The predicted molar refractivity (Wildman–Crippen MR) is 68.6 cm³/mol. The Balaban J connectivity index is 2.21. The minimum Gasteiger partial charge on any atom is -0.478 e.